The van der Waals surface area contributed by atoms with Gasteiger partial charge in [-0.05, 0) is 25.0 Å². The Morgan fingerprint density at radius 3 is 2.45 bits per heavy atom. The molecule has 6 heteroatoms. The fourth-order valence-corrected chi connectivity index (χ4v) is 2.47. The van der Waals surface area contributed by atoms with Crippen molar-refractivity contribution >= 4 is 17.3 Å². The van der Waals surface area contributed by atoms with Gasteiger partial charge in [-0.2, -0.15) is 0 Å². The highest BCUT2D eigenvalue weighted by atomic mass is 16.6. The highest BCUT2D eigenvalue weighted by Crippen LogP contribution is 2.25. The molecule has 0 radical (unpaired) electrons. The SMILES string of the molecule is CNc1ccc([N+](=O)[O-])c(C(=O)N2CCCCCC2)c1. The highest BCUT2D eigenvalue weighted by Gasteiger charge is 2.25. The van der Waals surface area contributed by atoms with Gasteiger partial charge in [-0.25, -0.2) is 0 Å². The van der Waals surface area contributed by atoms with E-state index >= 15 is 0 Å². The summed E-state index contributed by atoms with van der Waals surface area (Å²) in [6, 6.07) is 4.56. The fraction of sp³-hybridized carbons (Fsp3) is 0.500. The van der Waals surface area contributed by atoms with Gasteiger partial charge < -0.3 is 10.2 Å². The van der Waals surface area contributed by atoms with Crippen molar-refractivity contribution in [3.05, 3.63) is 33.9 Å². The molecule has 0 aliphatic carbocycles. The zero-order valence-electron chi connectivity index (χ0n) is 11.6. The van der Waals surface area contributed by atoms with Crippen LogP contribution >= 0.6 is 0 Å². The molecule has 0 atom stereocenters. The first-order valence-corrected chi connectivity index (χ1v) is 6.89. The summed E-state index contributed by atoms with van der Waals surface area (Å²) in [5.74, 6) is -0.240. The van der Waals surface area contributed by atoms with Gasteiger partial charge in [0.15, 0.2) is 0 Å². The molecule has 1 N–H and O–H groups in total. The monoisotopic (exact) mass is 277 g/mol. The van der Waals surface area contributed by atoms with Crippen LogP contribution in [0.4, 0.5) is 11.4 Å². The van der Waals surface area contributed by atoms with E-state index in [1.807, 2.05) is 0 Å². The second kappa shape index (κ2) is 6.36. The highest BCUT2D eigenvalue weighted by molar-refractivity contribution is 5.99. The van der Waals surface area contributed by atoms with Gasteiger partial charge in [0, 0.05) is 31.9 Å². The van der Waals surface area contributed by atoms with Crippen molar-refractivity contribution in [2.75, 3.05) is 25.5 Å². The second-order valence-electron chi connectivity index (χ2n) is 4.95. The Morgan fingerprint density at radius 1 is 1.25 bits per heavy atom. The number of carbonyl (C=O) groups is 1. The van der Waals surface area contributed by atoms with Crippen LogP contribution < -0.4 is 5.32 Å². The summed E-state index contributed by atoms with van der Waals surface area (Å²) >= 11 is 0. The third-order valence-corrected chi connectivity index (χ3v) is 3.61. The zero-order valence-corrected chi connectivity index (χ0v) is 11.6. The molecule has 1 aromatic rings. The number of rotatable bonds is 3. The average molecular weight is 277 g/mol. The molecule has 0 unspecified atom stereocenters. The van der Waals surface area contributed by atoms with Crippen LogP contribution in [0.5, 0.6) is 0 Å². The number of hydrogen-bond acceptors (Lipinski definition) is 4. The number of anilines is 1. The molecule has 0 aromatic heterocycles. The lowest BCUT2D eigenvalue weighted by Crippen LogP contribution is -2.32. The zero-order chi connectivity index (χ0) is 14.5. The molecule has 0 bridgehead atoms. The van der Waals surface area contributed by atoms with E-state index in [1.165, 1.54) is 6.07 Å². The standard InChI is InChI=1S/C14H19N3O3/c1-15-11-6-7-13(17(19)20)12(10-11)14(18)16-8-4-2-3-5-9-16/h6-7,10,15H,2-5,8-9H2,1H3. The van der Waals surface area contributed by atoms with Crippen molar-refractivity contribution in [3.8, 4) is 0 Å². The minimum Gasteiger partial charge on any atom is -0.388 e. The Hall–Kier alpha value is -2.11. The molecule has 1 fully saturated rings. The number of hydrogen-bond donors (Lipinski definition) is 1. The number of nitro groups is 1. The largest absolute Gasteiger partial charge is 0.388 e. The van der Waals surface area contributed by atoms with Gasteiger partial charge in [-0.15, -0.1) is 0 Å². The average Bonchev–Trinajstić information content (AvgIpc) is 2.74. The van der Waals surface area contributed by atoms with Crippen molar-refractivity contribution in [1.82, 2.24) is 4.90 Å². The molecule has 1 saturated heterocycles. The number of carbonyl (C=O) groups excluding carboxylic acids is 1. The van der Waals surface area contributed by atoms with Crippen LogP contribution in [0.2, 0.25) is 0 Å². The van der Waals surface area contributed by atoms with Gasteiger partial charge in [0.2, 0.25) is 0 Å². The molecule has 20 heavy (non-hydrogen) atoms. The number of nitrogens with zero attached hydrogens (tertiary/aromatic N) is 2. The lowest BCUT2D eigenvalue weighted by Gasteiger charge is -2.20. The molecule has 1 heterocycles. The molecule has 6 nitrogen and oxygen atoms in total. The van der Waals surface area contributed by atoms with E-state index in [-0.39, 0.29) is 17.2 Å². The molecule has 0 spiro atoms. The van der Waals surface area contributed by atoms with Crippen LogP contribution in [0.1, 0.15) is 36.0 Å². The van der Waals surface area contributed by atoms with E-state index in [2.05, 4.69) is 5.32 Å². The smallest absolute Gasteiger partial charge is 0.282 e. The normalized spacial score (nSPS) is 15.6. The van der Waals surface area contributed by atoms with E-state index in [1.54, 1.807) is 24.1 Å². The number of likely N-dealkylation sites (tertiary alicyclic amines) is 1. The summed E-state index contributed by atoms with van der Waals surface area (Å²) in [7, 11) is 1.72. The topological polar surface area (TPSA) is 75.5 Å². The Kier molecular flexibility index (Phi) is 4.55. The summed E-state index contributed by atoms with van der Waals surface area (Å²) in [6.45, 7) is 1.36. The Labute approximate surface area is 117 Å². The molecule has 108 valence electrons. The second-order valence-corrected chi connectivity index (χ2v) is 4.95. The predicted octanol–water partition coefficient (Wildman–Crippen LogP) is 2.65. The lowest BCUT2D eigenvalue weighted by molar-refractivity contribution is -0.385. The van der Waals surface area contributed by atoms with E-state index < -0.39 is 4.92 Å². The number of amides is 1. The Morgan fingerprint density at radius 2 is 1.90 bits per heavy atom. The van der Waals surface area contributed by atoms with Gasteiger partial charge in [-0.1, -0.05) is 12.8 Å². The quantitative estimate of drug-likeness (QED) is 0.680. The van der Waals surface area contributed by atoms with Crippen molar-refractivity contribution in [3.63, 3.8) is 0 Å². The first-order valence-electron chi connectivity index (χ1n) is 6.89. The summed E-state index contributed by atoms with van der Waals surface area (Å²) in [6.07, 6.45) is 4.15. The summed E-state index contributed by atoms with van der Waals surface area (Å²) in [4.78, 5) is 24.9. The minimum atomic E-state index is -0.496. The van der Waals surface area contributed by atoms with E-state index in [9.17, 15) is 14.9 Å². The maximum Gasteiger partial charge on any atom is 0.282 e. The van der Waals surface area contributed by atoms with Crippen LogP contribution in [-0.2, 0) is 0 Å². The van der Waals surface area contributed by atoms with E-state index in [4.69, 9.17) is 0 Å². The van der Waals surface area contributed by atoms with E-state index in [0.717, 1.165) is 25.7 Å². The van der Waals surface area contributed by atoms with Gasteiger partial charge in [-0.3, -0.25) is 14.9 Å². The maximum absolute atomic E-state index is 12.5. The van der Waals surface area contributed by atoms with Crippen molar-refractivity contribution in [2.45, 2.75) is 25.7 Å². The maximum atomic E-state index is 12.5. The molecule has 1 amide bonds. The van der Waals surface area contributed by atoms with Gasteiger partial charge in [0.05, 0.1) is 4.92 Å². The van der Waals surface area contributed by atoms with Crippen molar-refractivity contribution < 1.29 is 9.72 Å². The number of nitro benzene ring substituents is 1. The Bertz CT molecular complexity index is 508. The number of benzene rings is 1. The molecular weight excluding hydrogens is 258 g/mol. The van der Waals surface area contributed by atoms with E-state index in [0.29, 0.717) is 18.8 Å². The molecule has 2 rings (SSSR count). The first kappa shape index (κ1) is 14.3. The van der Waals surface area contributed by atoms with Gasteiger partial charge >= 0.3 is 0 Å². The first-order chi connectivity index (χ1) is 9.63. The van der Waals surface area contributed by atoms with Crippen molar-refractivity contribution in [2.24, 2.45) is 0 Å². The van der Waals surface area contributed by atoms with Crippen LogP contribution in [-0.4, -0.2) is 35.9 Å². The Balaban J connectivity index is 2.33. The van der Waals surface area contributed by atoms with Gasteiger partial charge in [0.25, 0.3) is 11.6 Å². The third-order valence-electron chi connectivity index (χ3n) is 3.61. The fourth-order valence-electron chi connectivity index (χ4n) is 2.47. The molecule has 1 aliphatic heterocycles. The van der Waals surface area contributed by atoms with Crippen LogP contribution in [0, 0.1) is 10.1 Å². The van der Waals surface area contributed by atoms with Crippen LogP contribution in [0.15, 0.2) is 18.2 Å². The minimum absolute atomic E-state index is 0.127. The molecule has 0 saturated carbocycles. The van der Waals surface area contributed by atoms with Crippen LogP contribution in [0.25, 0.3) is 0 Å². The third kappa shape index (κ3) is 3.07. The summed E-state index contributed by atoms with van der Waals surface area (Å²) in [5.41, 5.74) is 0.746. The molecule has 1 aromatic carbocycles. The predicted molar refractivity (Wildman–Crippen MR) is 77.0 cm³/mol. The van der Waals surface area contributed by atoms with Gasteiger partial charge in [0.1, 0.15) is 5.56 Å². The summed E-state index contributed by atoms with van der Waals surface area (Å²) in [5, 5.41) is 14.0. The lowest BCUT2D eigenvalue weighted by atomic mass is 10.1. The van der Waals surface area contributed by atoms with Crippen molar-refractivity contribution in [1.29, 1.82) is 0 Å². The summed E-state index contributed by atoms with van der Waals surface area (Å²) < 4.78 is 0. The number of nitrogens with one attached hydrogen (secondary N) is 1. The molecule has 1 aliphatic rings. The molecular formula is C14H19N3O3. The van der Waals surface area contributed by atoms with Crippen LogP contribution in [0.3, 0.4) is 0 Å².